The van der Waals surface area contributed by atoms with E-state index >= 15 is 0 Å². The SMILES string of the molecule is Cc1nc(N=C/C=C\N)ccc1N1CCN(Cc2ccnc(Nc3ncc[nH]3)c2F)CC1.[HH].[HH]. The molecular formula is C22H30FN9. The molecule has 0 aliphatic carbocycles. The fraction of sp³-hybridized carbons (Fsp3) is 0.273. The fourth-order valence-corrected chi connectivity index (χ4v) is 3.64. The van der Waals surface area contributed by atoms with Crippen LogP contribution in [0, 0.1) is 12.7 Å². The molecule has 0 saturated carbocycles. The summed E-state index contributed by atoms with van der Waals surface area (Å²) in [6.45, 7) is 5.83. The average molecular weight is 440 g/mol. The lowest BCUT2D eigenvalue weighted by Gasteiger charge is -2.36. The van der Waals surface area contributed by atoms with E-state index in [4.69, 9.17) is 5.73 Å². The molecule has 4 N–H and O–H groups in total. The van der Waals surface area contributed by atoms with Crippen LogP contribution in [0.1, 0.15) is 14.1 Å². The van der Waals surface area contributed by atoms with E-state index in [0.29, 0.717) is 23.9 Å². The Morgan fingerprint density at radius 1 is 1.22 bits per heavy atom. The second kappa shape index (κ2) is 10.0. The fourth-order valence-electron chi connectivity index (χ4n) is 3.64. The predicted octanol–water partition coefficient (Wildman–Crippen LogP) is 3.38. The first-order chi connectivity index (χ1) is 15.6. The summed E-state index contributed by atoms with van der Waals surface area (Å²) in [5, 5.41) is 2.88. The second-order valence-electron chi connectivity index (χ2n) is 7.40. The van der Waals surface area contributed by atoms with Crippen LogP contribution in [0.15, 0.2) is 54.1 Å². The first-order valence-corrected chi connectivity index (χ1v) is 10.4. The number of piperazine rings is 1. The molecule has 1 fully saturated rings. The molecule has 4 heterocycles. The van der Waals surface area contributed by atoms with Crippen molar-refractivity contribution in [3.05, 3.63) is 66.1 Å². The first-order valence-electron chi connectivity index (χ1n) is 10.4. The monoisotopic (exact) mass is 439 g/mol. The van der Waals surface area contributed by atoms with Crippen molar-refractivity contribution in [2.75, 3.05) is 36.4 Å². The Labute approximate surface area is 188 Å². The van der Waals surface area contributed by atoms with Crippen molar-refractivity contribution in [1.82, 2.24) is 24.8 Å². The van der Waals surface area contributed by atoms with Crippen molar-refractivity contribution in [2.24, 2.45) is 10.7 Å². The van der Waals surface area contributed by atoms with Gasteiger partial charge in [0.05, 0.1) is 11.4 Å². The van der Waals surface area contributed by atoms with E-state index in [1.165, 1.54) is 6.20 Å². The van der Waals surface area contributed by atoms with E-state index in [1.807, 2.05) is 19.1 Å². The molecule has 9 nitrogen and oxygen atoms in total. The zero-order valence-corrected chi connectivity index (χ0v) is 17.9. The van der Waals surface area contributed by atoms with Crippen molar-refractivity contribution in [3.8, 4) is 0 Å². The number of allylic oxidation sites excluding steroid dienone is 1. The first kappa shape index (κ1) is 21.4. The van der Waals surface area contributed by atoms with Gasteiger partial charge in [0, 0.05) is 65.9 Å². The van der Waals surface area contributed by atoms with E-state index in [-0.39, 0.29) is 14.5 Å². The van der Waals surface area contributed by atoms with Gasteiger partial charge in [0.25, 0.3) is 0 Å². The maximum Gasteiger partial charge on any atom is 0.205 e. The van der Waals surface area contributed by atoms with Gasteiger partial charge in [0.15, 0.2) is 17.5 Å². The molecule has 4 rings (SSSR count). The highest BCUT2D eigenvalue weighted by molar-refractivity contribution is 5.73. The smallest absolute Gasteiger partial charge is 0.205 e. The molecule has 3 aromatic rings. The lowest BCUT2D eigenvalue weighted by atomic mass is 10.2. The predicted molar refractivity (Wildman–Crippen MR) is 128 cm³/mol. The molecule has 3 aromatic heterocycles. The van der Waals surface area contributed by atoms with E-state index < -0.39 is 0 Å². The third-order valence-electron chi connectivity index (χ3n) is 5.26. The number of pyridine rings is 2. The number of H-pyrrole nitrogens is 1. The number of nitrogens with two attached hydrogens (primary N) is 1. The molecule has 0 bridgehead atoms. The van der Waals surface area contributed by atoms with Gasteiger partial charge in [-0.15, -0.1) is 0 Å². The van der Waals surface area contributed by atoms with Crippen molar-refractivity contribution in [3.63, 3.8) is 0 Å². The summed E-state index contributed by atoms with van der Waals surface area (Å²) in [7, 11) is 0. The van der Waals surface area contributed by atoms with Crippen LogP contribution in [0.2, 0.25) is 0 Å². The number of rotatable bonds is 7. The Hall–Kier alpha value is -3.79. The lowest BCUT2D eigenvalue weighted by Crippen LogP contribution is -2.46. The van der Waals surface area contributed by atoms with E-state index in [1.54, 1.807) is 36.9 Å². The lowest BCUT2D eigenvalue weighted by molar-refractivity contribution is 0.246. The Morgan fingerprint density at radius 2 is 2.06 bits per heavy atom. The quantitative estimate of drug-likeness (QED) is 0.484. The number of aromatic nitrogens is 4. The Balaban J connectivity index is 0.00000204. The highest BCUT2D eigenvalue weighted by Gasteiger charge is 2.21. The summed E-state index contributed by atoms with van der Waals surface area (Å²) in [6, 6.07) is 5.67. The van der Waals surface area contributed by atoms with Crippen LogP contribution in [0.25, 0.3) is 0 Å². The molecule has 170 valence electrons. The summed E-state index contributed by atoms with van der Waals surface area (Å²) in [6.07, 6.45) is 9.59. The van der Waals surface area contributed by atoms with Gasteiger partial charge in [0.2, 0.25) is 5.95 Å². The number of nitrogens with zero attached hydrogens (tertiary/aromatic N) is 6. The molecular weight excluding hydrogens is 409 g/mol. The second-order valence-corrected chi connectivity index (χ2v) is 7.40. The highest BCUT2D eigenvalue weighted by atomic mass is 19.1. The number of hydrogen-bond acceptors (Lipinski definition) is 8. The normalized spacial score (nSPS) is 15.1. The Morgan fingerprint density at radius 3 is 2.78 bits per heavy atom. The molecule has 1 saturated heterocycles. The molecule has 0 aromatic carbocycles. The number of nitrogens with one attached hydrogen (secondary N) is 2. The largest absolute Gasteiger partial charge is 0.405 e. The highest BCUT2D eigenvalue weighted by Crippen LogP contribution is 2.24. The van der Waals surface area contributed by atoms with Crippen LogP contribution in [0.5, 0.6) is 0 Å². The zero-order valence-electron chi connectivity index (χ0n) is 17.9. The van der Waals surface area contributed by atoms with E-state index in [9.17, 15) is 4.39 Å². The number of anilines is 3. The zero-order chi connectivity index (χ0) is 22.3. The van der Waals surface area contributed by atoms with Gasteiger partial charge in [-0.2, -0.15) is 0 Å². The van der Waals surface area contributed by atoms with Crippen LogP contribution < -0.4 is 16.0 Å². The molecule has 32 heavy (non-hydrogen) atoms. The summed E-state index contributed by atoms with van der Waals surface area (Å²) < 4.78 is 14.9. The molecule has 0 spiro atoms. The van der Waals surface area contributed by atoms with Gasteiger partial charge in [-0.3, -0.25) is 4.90 Å². The number of imidazole rings is 1. The minimum Gasteiger partial charge on any atom is -0.405 e. The molecule has 0 radical (unpaired) electrons. The third kappa shape index (κ3) is 5.09. The maximum absolute atomic E-state index is 14.9. The maximum atomic E-state index is 14.9. The van der Waals surface area contributed by atoms with Crippen LogP contribution in [-0.2, 0) is 6.54 Å². The molecule has 0 unspecified atom stereocenters. The van der Waals surface area contributed by atoms with Gasteiger partial charge in [-0.25, -0.2) is 24.3 Å². The molecule has 0 atom stereocenters. The van der Waals surface area contributed by atoms with Crippen molar-refractivity contribution in [1.29, 1.82) is 0 Å². The number of halogens is 1. The average Bonchev–Trinajstić information content (AvgIpc) is 3.31. The molecule has 10 heteroatoms. The number of hydrogen-bond donors (Lipinski definition) is 3. The van der Waals surface area contributed by atoms with Gasteiger partial charge in [0.1, 0.15) is 0 Å². The Kier molecular flexibility index (Phi) is 6.71. The van der Waals surface area contributed by atoms with Gasteiger partial charge < -0.3 is 20.9 Å². The number of aliphatic imine (C=N–C) groups is 1. The molecule has 1 aliphatic rings. The third-order valence-corrected chi connectivity index (χ3v) is 5.26. The van der Waals surface area contributed by atoms with Gasteiger partial charge >= 0.3 is 0 Å². The van der Waals surface area contributed by atoms with Crippen molar-refractivity contribution < 1.29 is 7.24 Å². The van der Waals surface area contributed by atoms with Crippen LogP contribution in [0.4, 0.5) is 27.7 Å². The minimum atomic E-state index is -0.355. The van der Waals surface area contributed by atoms with E-state index in [2.05, 4.69) is 40.0 Å². The van der Waals surface area contributed by atoms with Crippen molar-refractivity contribution in [2.45, 2.75) is 13.5 Å². The standard InChI is InChI=1S/C22H26FN9.2H2/c1-16-18(3-4-19(29-16)25-7-2-6-24)32-13-11-31(12-14-32)15-17-5-8-26-21(20(17)23)30-22-27-9-10-28-22;;/h2-10H,11-15,24H2,1H3,(H2,26,27,28,30);2*1H/b6-2-,25-7?;;. The van der Waals surface area contributed by atoms with Crippen LogP contribution >= 0.6 is 0 Å². The topological polar surface area (TPSA) is 111 Å². The number of aromatic amines is 1. The minimum absolute atomic E-state index is 0. The van der Waals surface area contributed by atoms with Gasteiger partial charge in [-0.1, -0.05) is 0 Å². The number of aryl methyl sites for hydroxylation is 1. The van der Waals surface area contributed by atoms with Crippen molar-refractivity contribution >= 4 is 29.5 Å². The van der Waals surface area contributed by atoms with Gasteiger partial charge in [-0.05, 0) is 37.4 Å². The van der Waals surface area contributed by atoms with E-state index in [0.717, 1.165) is 37.6 Å². The summed E-state index contributed by atoms with van der Waals surface area (Å²) in [5.74, 6) is 0.920. The van der Waals surface area contributed by atoms with Crippen LogP contribution in [-0.4, -0.2) is 57.2 Å². The Bertz CT molecular complexity index is 1100. The summed E-state index contributed by atoms with van der Waals surface area (Å²) in [5.41, 5.74) is 7.94. The summed E-state index contributed by atoms with van der Waals surface area (Å²) in [4.78, 5) is 24.4. The molecule has 1 aliphatic heterocycles. The molecule has 0 amide bonds. The van der Waals surface area contributed by atoms with Crippen LogP contribution in [0.3, 0.4) is 0 Å². The summed E-state index contributed by atoms with van der Waals surface area (Å²) >= 11 is 0.